The van der Waals surface area contributed by atoms with Crippen LogP contribution in [0.3, 0.4) is 0 Å². The molecule has 1 heterocycles. The highest BCUT2D eigenvalue weighted by atomic mass is 16.6. The molecule has 22 heavy (non-hydrogen) atoms. The standard InChI is InChI=1S/C16H28N2O4/c1-5-6-11-21-13(2)16(20)22-14-7-9-18(10-8-14)12-15(19)17(3)4/h5,13-14H,1,6-12H2,2-4H3. The van der Waals surface area contributed by atoms with E-state index in [9.17, 15) is 9.59 Å². The molecule has 0 aliphatic carbocycles. The van der Waals surface area contributed by atoms with Crippen LogP contribution in [0.5, 0.6) is 0 Å². The van der Waals surface area contributed by atoms with Gasteiger partial charge < -0.3 is 14.4 Å². The first kappa shape index (κ1) is 18.6. The Balaban J connectivity index is 2.25. The summed E-state index contributed by atoms with van der Waals surface area (Å²) in [5.74, 6) is -0.216. The van der Waals surface area contributed by atoms with Gasteiger partial charge in [-0.05, 0) is 26.2 Å². The van der Waals surface area contributed by atoms with E-state index in [2.05, 4.69) is 11.5 Å². The molecule has 0 N–H and O–H groups in total. The summed E-state index contributed by atoms with van der Waals surface area (Å²) in [5, 5.41) is 0. The molecule has 0 radical (unpaired) electrons. The summed E-state index contributed by atoms with van der Waals surface area (Å²) >= 11 is 0. The van der Waals surface area contributed by atoms with Gasteiger partial charge in [0.2, 0.25) is 5.91 Å². The first-order chi connectivity index (χ1) is 10.4. The van der Waals surface area contributed by atoms with Crippen molar-refractivity contribution in [1.29, 1.82) is 0 Å². The molecule has 0 aromatic carbocycles. The van der Waals surface area contributed by atoms with E-state index >= 15 is 0 Å². The van der Waals surface area contributed by atoms with E-state index in [0.29, 0.717) is 13.2 Å². The van der Waals surface area contributed by atoms with Crippen molar-refractivity contribution in [1.82, 2.24) is 9.80 Å². The van der Waals surface area contributed by atoms with Crippen LogP contribution in [-0.4, -0.2) is 74.2 Å². The molecular formula is C16H28N2O4. The van der Waals surface area contributed by atoms with Gasteiger partial charge in [-0.1, -0.05) is 6.08 Å². The molecule has 1 amide bonds. The average Bonchev–Trinajstić information content (AvgIpc) is 2.49. The molecule has 6 nitrogen and oxygen atoms in total. The summed E-state index contributed by atoms with van der Waals surface area (Å²) in [5.41, 5.74) is 0. The second-order valence-corrected chi connectivity index (χ2v) is 5.79. The van der Waals surface area contributed by atoms with Crippen LogP contribution in [0.15, 0.2) is 12.7 Å². The van der Waals surface area contributed by atoms with Gasteiger partial charge in [-0.15, -0.1) is 6.58 Å². The lowest BCUT2D eigenvalue weighted by atomic mass is 10.1. The first-order valence-corrected chi connectivity index (χ1v) is 7.79. The van der Waals surface area contributed by atoms with Gasteiger partial charge in [-0.25, -0.2) is 4.79 Å². The van der Waals surface area contributed by atoms with Gasteiger partial charge in [0.05, 0.1) is 13.2 Å². The Morgan fingerprint density at radius 2 is 2.00 bits per heavy atom. The molecule has 1 unspecified atom stereocenters. The maximum Gasteiger partial charge on any atom is 0.335 e. The molecule has 1 aliphatic rings. The summed E-state index contributed by atoms with van der Waals surface area (Å²) in [6, 6.07) is 0. The van der Waals surface area contributed by atoms with Crippen molar-refractivity contribution in [2.75, 3.05) is 40.3 Å². The first-order valence-electron chi connectivity index (χ1n) is 7.79. The number of nitrogens with zero attached hydrogens (tertiary/aromatic N) is 2. The summed E-state index contributed by atoms with van der Waals surface area (Å²) in [6.07, 6.45) is 3.35. The largest absolute Gasteiger partial charge is 0.460 e. The third-order valence-electron chi connectivity index (χ3n) is 3.70. The van der Waals surface area contributed by atoms with Crippen LogP contribution in [-0.2, 0) is 19.1 Å². The molecule has 1 rings (SSSR count). The zero-order valence-corrected chi connectivity index (χ0v) is 13.9. The number of rotatable bonds is 8. The monoisotopic (exact) mass is 312 g/mol. The lowest BCUT2D eigenvalue weighted by Gasteiger charge is -2.32. The number of hydrogen-bond acceptors (Lipinski definition) is 5. The molecular weight excluding hydrogens is 284 g/mol. The van der Waals surface area contributed by atoms with Crippen LogP contribution in [0.2, 0.25) is 0 Å². The quantitative estimate of drug-likeness (QED) is 0.381. The molecule has 126 valence electrons. The maximum absolute atomic E-state index is 11.9. The van der Waals surface area contributed by atoms with E-state index in [4.69, 9.17) is 9.47 Å². The van der Waals surface area contributed by atoms with Gasteiger partial charge in [0, 0.05) is 27.2 Å². The highest BCUT2D eigenvalue weighted by molar-refractivity contribution is 5.77. The number of esters is 1. The minimum Gasteiger partial charge on any atom is -0.460 e. The Morgan fingerprint density at radius 3 is 2.55 bits per heavy atom. The molecule has 1 aliphatic heterocycles. The molecule has 1 fully saturated rings. The van der Waals surface area contributed by atoms with Gasteiger partial charge in [0.25, 0.3) is 0 Å². The topological polar surface area (TPSA) is 59.1 Å². The second kappa shape index (κ2) is 9.58. The predicted molar refractivity (Wildman–Crippen MR) is 84.5 cm³/mol. The van der Waals surface area contributed by atoms with E-state index < -0.39 is 6.10 Å². The third-order valence-corrected chi connectivity index (χ3v) is 3.70. The van der Waals surface area contributed by atoms with Crippen molar-refractivity contribution in [2.45, 2.75) is 38.4 Å². The van der Waals surface area contributed by atoms with Crippen LogP contribution in [0.4, 0.5) is 0 Å². The fourth-order valence-electron chi connectivity index (χ4n) is 2.17. The summed E-state index contributed by atoms with van der Waals surface area (Å²) in [4.78, 5) is 27.3. The van der Waals surface area contributed by atoms with E-state index in [0.717, 1.165) is 32.4 Å². The Kier molecular flexibility index (Phi) is 8.12. The van der Waals surface area contributed by atoms with Crippen LogP contribution >= 0.6 is 0 Å². The Bertz CT molecular complexity index is 376. The van der Waals surface area contributed by atoms with E-state index in [-0.39, 0.29) is 18.0 Å². The number of carbonyl (C=O) groups is 2. The van der Waals surface area contributed by atoms with Gasteiger partial charge in [0.15, 0.2) is 6.10 Å². The van der Waals surface area contributed by atoms with Crippen molar-refractivity contribution < 1.29 is 19.1 Å². The number of likely N-dealkylation sites (tertiary alicyclic amines) is 1. The average molecular weight is 312 g/mol. The van der Waals surface area contributed by atoms with Crippen LogP contribution in [0.25, 0.3) is 0 Å². The molecule has 1 saturated heterocycles. The fourth-order valence-corrected chi connectivity index (χ4v) is 2.17. The van der Waals surface area contributed by atoms with Gasteiger partial charge in [-0.3, -0.25) is 9.69 Å². The SMILES string of the molecule is C=CCCOC(C)C(=O)OC1CCN(CC(=O)N(C)C)CC1. The van der Waals surface area contributed by atoms with Crippen LogP contribution in [0, 0.1) is 0 Å². The lowest BCUT2D eigenvalue weighted by molar-refractivity contribution is -0.163. The molecule has 1 atom stereocenters. The maximum atomic E-state index is 11.9. The minimum atomic E-state index is -0.548. The van der Waals surface area contributed by atoms with E-state index in [1.807, 2.05) is 0 Å². The van der Waals surface area contributed by atoms with E-state index in [1.54, 1.807) is 32.0 Å². The van der Waals surface area contributed by atoms with Crippen molar-refractivity contribution in [2.24, 2.45) is 0 Å². The molecule has 0 aromatic heterocycles. The predicted octanol–water partition coefficient (Wildman–Crippen LogP) is 1.06. The Labute approximate surface area is 133 Å². The number of hydrogen-bond donors (Lipinski definition) is 0. The number of carbonyl (C=O) groups excluding carboxylic acids is 2. The van der Waals surface area contributed by atoms with Crippen LogP contribution < -0.4 is 0 Å². The molecule has 0 saturated carbocycles. The number of piperidine rings is 1. The molecule has 0 spiro atoms. The zero-order chi connectivity index (χ0) is 16.5. The van der Waals surface area contributed by atoms with Crippen LogP contribution in [0.1, 0.15) is 26.2 Å². The molecule has 0 bridgehead atoms. The second-order valence-electron chi connectivity index (χ2n) is 5.79. The summed E-state index contributed by atoms with van der Waals surface area (Å²) in [7, 11) is 3.51. The van der Waals surface area contributed by atoms with Gasteiger partial charge in [-0.2, -0.15) is 0 Å². The molecule has 6 heteroatoms. The highest BCUT2D eigenvalue weighted by Crippen LogP contribution is 2.15. The summed E-state index contributed by atoms with van der Waals surface area (Å²) in [6.45, 7) is 7.75. The minimum absolute atomic E-state index is 0.0799. The number of amides is 1. The van der Waals surface area contributed by atoms with Crippen molar-refractivity contribution in [3.8, 4) is 0 Å². The highest BCUT2D eigenvalue weighted by Gasteiger charge is 2.25. The lowest BCUT2D eigenvalue weighted by Crippen LogP contribution is -2.43. The number of likely N-dealkylation sites (N-methyl/N-ethyl adjacent to an activating group) is 1. The Morgan fingerprint density at radius 1 is 1.36 bits per heavy atom. The van der Waals surface area contributed by atoms with Gasteiger partial charge >= 0.3 is 5.97 Å². The van der Waals surface area contributed by atoms with E-state index in [1.165, 1.54) is 0 Å². The fraction of sp³-hybridized carbons (Fsp3) is 0.750. The zero-order valence-electron chi connectivity index (χ0n) is 13.9. The number of ether oxygens (including phenoxy) is 2. The normalized spacial score (nSPS) is 17.8. The van der Waals surface area contributed by atoms with Crippen molar-refractivity contribution >= 4 is 11.9 Å². The smallest absolute Gasteiger partial charge is 0.335 e. The van der Waals surface area contributed by atoms with Crippen molar-refractivity contribution in [3.05, 3.63) is 12.7 Å². The van der Waals surface area contributed by atoms with Gasteiger partial charge in [0.1, 0.15) is 6.10 Å². The Hall–Kier alpha value is -1.40. The third kappa shape index (κ3) is 6.58. The molecule has 0 aromatic rings. The summed E-state index contributed by atoms with van der Waals surface area (Å²) < 4.78 is 10.9. The van der Waals surface area contributed by atoms with Crippen molar-refractivity contribution in [3.63, 3.8) is 0 Å².